The van der Waals surface area contributed by atoms with Crippen LogP contribution in [0.2, 0.25) is 5.02 Å². The second kappa shape index (κ2) is 7.85. The van der Waals surface area contributed by atoms with Gasteiger partial charge in [0.05, 0.1) is 10.6 Å². The molecule has 9 heteroatoms. The van der Waals surface area contributed by atoms with Gasteiger partial charge in [0.15, 0.2) is 5.84 Å². The Hall–Kier alpha value is -1.77. The molecule has 0 spiro atoms. The lowest BCUT2D eigenvalue weighted by Gasteiger charge is -2.26. The van der Waals surface area contributed by atoms with Crippen LogP contribution >= 0.6 is 43.5 Å². The minimum atomic E-state index is -1.12. The first-order valence-electron chi connectivity index (χ1n) is 7.35. The van der Waals surface area contributed by atoms with Crippen molar-refractivity contribution in [2.45, 2.75) is 6.04 Å². The van der Waals surface area contributed by atoms with Gasteiger partial charge in [-0.1, -0.05) is 49.5 Å². The number of nitrogens with one attached hydrogen (secondary N) is 1. The molecule has 0 aliphatic carbocycles. The summed E-state index contributed by atoms with van der Waals surface area (Å²) in [4.78, 5) is 20.6. The zero-order valence-corrected chi connectivity index (χ0v) is 16.9. The Labute approximate surface area is 170 Å². The lowest BCUT2D eigenvalue weighted by Crippen LogP contribution is -2.34. The fourth-order valence-electron chi connectivity index (χ4n) is 2.58. The number of carbonyl (C=O) groups is 1. The molecule has 1 aromatic heterocycles. The van der Waals surface area contributed by atoms with Crippen LogP contribution in [-0.4, -0.2) is 27.2 Å². The van der Waals surface area contributed by atoms with E-state index < -0.39 is 17.8 Å². The molecule has 0 radical (unpaired) electrons. The number of hydrogen-bond acceptors (Lipinski definition) is 4. The first-order valence-corrected chi connectivity index (χ1v) is 9.64. The molecule has 0 amide bonds. The van der Waals surface area contributed by atoms with Gasteiger partial charge in [0.2, 0.25) is 0 Å². The number of amidine groups is 1. The highest BCUT2D eigenvalue weighted by molar-refractivity contribution is 9.10. The second-order valence-electron chi connectivity index (χ2n) is 5.34. The quantitative estimate of drug-likeness (QED) is 0.605. The molecule has 5 nitrogen and oxygen atoms in total. The standard InChI is InChI=1S/C17H11Br2ClFN3O2/c18-7-12-13(17(25)26)14(9-4-3-8(21)6-10(9)19)24-16(23-12)15-11(20)2-1-5-22-15/h1-6,14H,7H2,(H,23,24)(H,25,26). The number of benzene rings is 1. The summed E-state index contributed by atoms with van der Waals surface area (Å²) in [6.07, 6.45) is 1.57. The van der Waals surface area contributed by atoms with Crippen LogP contribution < -0.4 is 5.32 Å². The number of aromatic nitrogens is 1. The highest BCUT2D eigenvalue weighted by atomic mass is 79.9. The number of halogens is 4. The Morgan fingerprint density at radius 1 is 1.38 bits per heavy atom. The molecular weight excluding hydrogens is 492 g/mol. The predicted molar refractivity (Wildman–Crippen MR) is 104 cm³/mol. The third kappa shape index (κ3) is 3.67. The van der Waals surface area contributed by atoms with Gasteiger partial charge < -0.3 is 10.4 Å². The number of carboxylic acid groups (broad SMARTS) is 1. The lowest BCUT2D eigenvalue weighted by atomic mass is 9.96. The molecule has 0 saturated carbocycles. The summed E-state index contributed by atoms with van der Waals surface area (Å²) >= 11 is 12.8. The number of rotatable bonds is 4. The van der Waals surface area contributed by atoms with Crippen LogP contribution in [0.3, 0.4) is 0 Å². The Morgan fingerprint density at radius 2 is 2.15 bits per heavy atom. The van der Waals surface area contributed by atoms with Gasteiger partial charge in [-0.15, -0.1) is 0 Å². The van der Waals surface area contributed by atoms with E-state index in [0.717, 1.165) is 0 Å². The zero-order chi connectivity index (χ0) is 18.8. The molecule has 2 N–H and O–H groups in total. The lowest BCUT2D eigenvalue weighted by molar-refractivity contribution is -0.133. The van der Waals surface area contributed by atoms with E-state index in [0.29, 0.717) is 32.3 Å². The highest BCUT2D eigenvalue weighted by Crippen LogP contribution is 2.36. The molecular formula is C17H11Br2ClFN3O2. The largest absolute Gasteiger partial charge is 0.478 e. The zero-order valence-electron chi connectivity index (χ0n) is 13.0. The summed E-state index contributed by atoms with van der Waals surface area (Å²) < 4.78 is 13.9. The van der Waals surface area contributed by atoms with Crippen molar-refractivity contribution in [2.24, 2.45) is 4.99 Å². The number of aliphatic imine (C=N–C) groups is 1. The van der Waals surface area contributed by atoms with Crippen LogP contribution in [0.5, 0.6) is 0 Å². The number of alkyl halides is 1. The molecule has 134 valence electrons. The van der Waals surface area contributed by atoms with Gasteiger partial charge in [-0.3, -0.25) is 9.98 Å². The molecule has 1 atom stereocenters. The molecule has 1 aliphatic heterocycles. The Kier molecular flexibility index (Phi) is 5.74. The maximum absolute atomic E-state index is 13.5. The Morgan fingerprint density at radius 3 is 2.77 bits per heavy atom. The fourth-order valence-corrected chi connectivity index (χ4v) is 3.80. The van der Waals surface area contributed by atoms with Crippen molar-refractivity contribution in [1.82, 2.24) is 10.3 Å². The highest BCUT2D eigenvalue weighted by Gasteiger charge is 2.32. The minimum Gasteiger partial charge on any atom is -0.478 e. The summed E-state index contributed by atoms with van der Waals surface area (Å²) in [6.45, 7) is 0. The molecule has 1 aromatic carbocycles. The average molecular weight is 504 g/mol. The second-order valence-corrected chi connectivity index (χ2v) is 7.16. The topological polar surface area (TPSA) is 74.6 Å². The van der Waals surface area contributed by atoms with Crippen LogP contribution in [-0.2, 0) is 4.79 Å². The van der Waals surface area contributed by atoms with Crippen LogP contribution in [0.15, 0.2) is 57.3 Å². The van der Waals surface area contributed by atoms with Crippen LogP contribution in [0.1, 0.15) is 17.3 Å². The minimum absolute atomic E-state index is 0.0602. The van der Waals surface area contributed by atoms with E-state index in [1.807, 2.05) is 0 Å². The van der Waals surface area contributed by atoms with E-state index in [4.69, 9.17) is 11.6 Å². The van der Waals surface area contributed by atoms with E-state index in [2.05, 4.69) is 47.2 Å². The maximum atomic E-state index is 13.5. The Balaban J connectivity index is 2.20. The Bertz CT molecular complexity index is 949. The number of aliphatic carboxylic acids is 1. The maximum Gasteiger partial charge on any atom is 0.335 e. The molecule has 0 bridgehead atoms. The van der Waals surface area contributed by atoms with Gasteiger partial charge in [0, 0.05) is 21.7 Å². The average Bonchev–Trinajstić information content (AvgIpc) is 2.61. The first kappa shape index (κ1) is 19.0. The molecule has 0 saturated heterocycles. The van der Waals surface area contributed by atoms with Crippen molar-refractivity contribution in [3.8, 4) is 0 Å². The third-order valence-corrected chi connectivity index (χ3v) is 5.28. The summed E-state index contributed by atoms with van der Waals surface area (Å²) in [5.41, 5.74) is 1.41. The van der Waals surface area contributed by atoms with Gasteiger partial charge in [0.25, 0.3) is 0 Å². The normalized spacial score (nSPS) is 16.9. The molecule has 1 aliphatic rings. The van der Waals surface area contributed by atoms with E-state index in [1.165, 1.54) is 18.2 Å². The van der Waals surface area contributed by atoms with Crippen molar-refractivity contribution >= 4 is 55.3 Å². The van der Waals surface area contributed by atoms with Crippen molar-refractivity contribution in [1.29, 1.82) is 0 Å². The first-order chi connectivity index (χ1) is 12.4. The predicted octanol–water partition coefficient (Wildman–Crippen LogP) is 4.46. The van der Waals surface area contributed by atoms with Gasteiger partial charge in [0.1, 0.15) is 17.6 Å². The molecule has 1 unspecified atom stereocenters. The fraction of sp³-hybridized carbons (Fsp3) is 0.118. The van der Waals surface area contributed by atoms with Crippen molar-refractivity contribution in [3.63, 3.8) is 0 Å². The number of nitrogens with zero attached hydrogens (tertiary/aromatic N) is 2. The van der Waals surface area contributed by atoms with Crippen LogP contribution in [0, 0.1) is 5.82 Å². The number of pyridine rings is 1. The smallest absolute Gasteiger partial charge is 0.335 e. The summed E-state index contributed by atoms with van der Waals surface area (Å²) in [5, 5.41) is 13.3. The van der Waals surface area contributed by atoms with Crippen molar-refractivity contribution in [2.75, 3.05) is 5.33 Å². The summed E-state index contributed by atoms with van der Waals surface area (Å²) in [5.74, 6) is -1.22. The molecule has 2 aromatic rings. The van der Waals surface area contributed by atoms with Crippen LogP contribution in [0.25, 0.3) is 0 Å². The number of allylic oxidation sites excluding steroid dienone is 1. The molecule has 0 fully saturated rings. The van der Waals surface area contributed by atoms with E-state index in [9.17, 15) is 14.3 Å². The molecule has 3 rings (SSSR count). The number of carboxylic acids is 1. The van der Waals surface area contributed by atoms with Gasteiger partial charge in [-0.05, 0) is 29.8 Å². The third-order valence-electron chi connectivity index (χ3n) is 3.73. The van der Waals surface area contributed by atoms with Gasteiger partial charge in [-0.25, -0.2) is 9.18 Å². The monoisotopic (exact) mass is 501 g/mol. The van der Waals surface area contributed by atoms with E-state index in [-0.39, 0.29) is 10.9 Å². The SMILES string of the molecule is O=C(O)C1=C(CBr)NC(c2ncccc2Cl)=NC1c1ccc(F)cc1Br. The van der Waals surface area contributed by atoms with Gasteiger partial charge in [-0.2, -0.15) is 0 Å². The van der Waals surface area contributed by atoms with Crippen LogP contribution in [0.4, 0.5) is 4.39 Å². The van der Waals surface area contributed by atoms with Crippen molar-refractivity contribution < 1.29 is 14.3 Å². The van der Waals surface area contributed by atoms with E-state index >= 15 is 0 Å². The summed E-state index contributed by atoms with van der Waals surface area (Å²) in [6, 6.07) is 6.54. The van der Waals surface area contributed by atoms with Gasteiger partial charge >= 0.3 is 5.97 Å². The summed E-state index contributed by atoms with van der Waals surface area (Å²) in [7, 11) is 0. The number of hydrogen-bond donors (Lipinski definition) is 2. The molecule has 26 heavy (non-hydrogen) atoms. The van der Waals surface area contributed by atoms with Crippen molar-refractivity contribution in [3.05, 3.63) is 74.4 Å². The molecule has 2 heterocycles. The van der Waals surface area contributed by atoms with E-state index in [1.54, 1.807) is 18.3 Å².